The second-order valence-corrected chi connectivity index (χ2v) is 13.7. The van der Waals surface area contributed by atoms with Crippen LogP contribution in [-0.4, -0.2) is 23.1 Å². The van der Waals surface area contributed by atoms with Crippen molar-refractivity contribution < 1.29 is 22.4 Å². The van der Waals surface area contributed by atoms with Crippen molar-refractivity contribution in [1.82, 2.24) is 4.98 Å². The van der Waals surface area contributed by atoms with Crippen LogP contribution in [0.5, 0.6) is 0 Å². The van der Waals surface area contributed by atoms with Gasteiger partial charge in [0, 0.05) is 29.5 Å². The van der Waals surface area contributed by atoms with Crippen molar-refractivity contribution in [1.29, 1.82) is 0 Å². The summed E-state index contributed by atoms with van der Waals surface area (Å²) in [7, 11) is 0. The highest BCUT2D eigenvalue weighted by molar-refractivity contribution is 6.00. The highest BCUT2D eigenvalue weighted by Gasteiger charge is 2.73. The Morgan fingerprint density at radius 3 is 2.10 bits per heavy atom. The maximum Gasteiger partial charge on any atom is 0.417 e. The molecule has 1 heterocycles. The van der Waals surface area contributed by atoms with Crippen LogP contribution in [-0.2, 0) is 22.8 Å². The third-order valence-corrected chi connectivity index (χ3v) is 11.0. The fourth-order valence-corrected chi connectivity index (χ4v) is 8.34. The minimum absolute atomic E-state index is 0.0432. The third-order valence-electron chi connectivity index (χ3n) is 11.0. The number of aryl methyl sites for hydroxylation is 1. The monoisotopic (exact) mass is 576 g/mol. The number of rotatable bonds is 7. The molecule has 6 saturated carbocycles. The smallest absolute Gasteiger partial charge is 0.311 e. The zero-order valence-electron chi connectivity index (χ0n) is 23.9. The molecular weight excluding hydrogens is 540 g/mol. The third kappa shape index (κ3) is 4.46. The van der Waals surface area contributed by atoms with Crippen LogP contribution >= 0.6 is 0 Å². The Morgan fingerprint density at radius 2 is 1.55 bits per heavy atom. The van der Waals surface area contributed by atoms with E-state index in [0.29, 0.717) is 25.8 Å². The van der Waals surface area contributed by atoms with Gasteiger partial charge in [0.1, 0.15) is 5.67 Å². The first-order valence-corrected chi connectivity index (χ1v) is 15.2. The van der Waals surface area contributed by atoms with Gasteiger partial charge in [-0.1, -0.05) is 43.3 Å². The van der Waals surface area contributed by atoms with E-state index in [0.717, 1.165) is 79.7 Å². The molecule has 6 aliphatic rings. The molecule has 9 rings (SSSR count). The summed E-state index contributed by atoms with van der Waals surface area (Å²) in [5.74, 6) is 0.0432. The van der Waals surface area contributed by atoms with Crippen LogP contribution in [0.1, 0.15) is 81.5 Å². The SMILES string of the molecule is CCc1ccc(-c2cccc(N(CC34CCC(c5ccc(C(F)(F)F)cn5)(CC3)CC4)C(=O)C34CC(F)(C3)C4)c2)cc1. The summed E-state index contributed by atoms with van der Waals surface area (Å²) in [6.07, 6.45) is 3.70. The van der Waals surface area contributed by atoms with E-state index in [9.17, 15) is 22.4 Å². The molecule has 0 atom stereocenters. The van der Waals surface area contributed by atoms with E-state index in [1.54, 1.807) is 6.07 Å². The molecule has 6 aliphatic carbocycles. The van der Waals surface area contributed by atoms with Gasteiger partial charge in [-0.2, -0.15) is 13.2 Å². The second kappa shape index (κ2) is 9.39. The number of hydrogen-bond donors (Lipinski definition) is 0. The number of carbonyl (C=O) groups is 1. The Labute approximate surface area is 244 Å². The summed E-state index contributed by atoms with van der Waals surface area (Å²) in [4.78, 5) is 20.4. The van der Waals surface area contributed by atoms with Gasteiger partial charge in [0.2, 0.25) is 5.91 Å². The standard InChI is InChI=1S/C35H36F4N2O/c1-2-24-6-8-25(9-7-24)26-4-3-5-28(18-26)41(30(42)33-20-34(36,21-33)22-33)23-31-12-15-32(16-13-31,17-14-31)29-11-10-27(19-40-29)35(37,38)39/h3-11,18-19H,2,12-17,20-23H2,1H3. The van der Waals surface area contributed by atoms with Gasteiger partial charge < -0.3 is 4.90 Å². The Kier molecular flexibility index (Phi) is 6.17. The molecule has 42 heavy (non-hydrogen) atoms. The molecular formula is C35H36F4N2O. The molecule has 1 aromatic heterocycles. The van der Waals surface area contributed by atoms with Crippen molar-refractivity contribution in [2.75, 3.05) is 11.4 Å². The maximum atomic E-state index is 14.6. The first-order chi connectivity index (χ1) is 20.0. The predicted octanol–water partition coefficient (Wildman–Crippen LogP) is 8.85. The molecule has 2 aromatic carbocycles. The first kappa shape index (κ1) is 27.6. The first-order valence-electron chi connectivity index (χ1n) is 15.2. The molecule has 0 spiro atoms. The number of benzene rings is 2. The lowest BCUT2D eigenvalue weighted by Gasteiger charge is -2.65. The Morgan fingerprint density at radius 1 is 0.881 bits per heavy atom. The van der Waals surface area contributed by atoms with E-state index >= 15 is 0 Å². The fraction of sp³-hybridized carbons (Fsp3) is 0.486. The number of amides is 1. The number of halogens is 4. The average Bonchev–Trinajstić information content (AvgIpc) is 2.98. The lowest BCUT2D eigenvalue weighted by atomic mass is 9.41. The Bertz CT molecular complexity index is 1470. The molecule has 0 saturated heterocycles. The van der Waals surface area contributed by atoms with Crippen molar-refractivity contribution in [3.63, 3.8) is 0 Å². The van der Waals surface area contributed by atoms with E-state index in [4.69, 9.17) is 0 Å². The number of hydrogen-bond acceptors (Lipinski definition) is 2. The van der Waals surface area contributed by atoms with Gasteiger partial charge >= 0.3 is 6.18 Å². The number of alkyl halides is 4. The van der Waals surface area contributed by atoms with Crippen molar-refractivity contribution in [2.24, 2.45) is 10.8 Å². The summed E-state index contributed by atoms with van der Waals surface area (Å²) in [5.41, 5.74) is 2.28. The van der Waals surface area contributed by atoms with Crippen LogP contribution in [0.2, 0.25) is 0 Å². The minimum atomic E-state index is -4.40. The summed E-state index contributed by atoms with van der Waals surface area (Å²) in [5, 5.41) is 0. The molecule has 0 unspecified atom stereocenters. The van der Waals surface area contributed by atoms with Crippen molar-refractivity contribution >= 4 is 11.6 Å². The van der Waals surface area contributed by atoms with Gasteiger partial charge in [-0.25, -0.2) is 4.39 Å². The normalized spacial score (nSPS) is 31.3. The van der Waals surface area contributed by atoms with E-state index in [-0.39, 0.29) is 16.7 Å². The zero-order chi connectivity index (χ0) is 29.4. The van der Waals surface area contributed by atoms with Gasteiger partial charge in [-0.3, -0.25) is 9.78 Å². The Hall–Kier alpha value is -3.22. The van der Waals surface area contributed by atoms with Crippen LogP contribution in [0.4, 0.5) is 23.2 Å². The molecule has 3 aromatic rings. The summed E-state index contributed by atoms with van der Waals surface area (Å²) in [6, 6.07) is 19.4. The molecule has 3 nitrogen and oxygen atoms in total. The molecule has 6 fully saturated rings. The van der Waals surface area contributed by atoms with E-state index in [1.807, 2.05) is 17.0 Å². The maximum absolute atomic E-state index is 14.6. The highest BCUT2D eigenvalue weighted by atomic mass is 19.4. The number of aromatic nitrogens is 1. The fourth-order valence-electron chi connectivity index (χ4n) is 8.34. The molecule has 7 heteroatoms. The van der Waals surface area contributed by atoms with Crippen LogP contribution in [0, 0.1) is 10.8 Å². The number of pyridine rings is 1. The minimum Gasteiger partial charge on any atom is -0.311 e. The second-order valence-electron chi connectivity index (χ2n) is 13.7. The lowest BCUT2D eigenvalue weighted by molar-refractivity contribution is -0.211. The molecule has 220 valence electrons. The molecule has 0 aliphatic heterocycles. The quantitative estimate of drug-likeness (QED) is 0.263. The van der Waals surface area contributed by atoms with Gasteiger partial charge in [-0.05, 0) is 111 Å². The van der Waals surface area contributed by atoms with Crippen LogP contribution in [0.25, 0.3) is 11.1 Å². The summed E-state index contributed by atoms with van der Waals surface area (Å²) < 4.78 is 53.9. The molecule has 4 bridgehead atoms. The zero-order valence-corrected chi connectivity index (χ0v) is 23.9. The molecule has 0 N–H and O–H groups in total. The van der Waals surface area contributed by atoms with E-state index in [1.165, 1.54) is 5.56 Å². The van der Waals surface area contributed by atoms with E-state index < -0.39 is 22.8 Å². The van der Waals surface area contributed by atoms with Crippen LogP contribution < -0.4 is 4.90 Å². The molecule has 1 amide bonds. The largest absolute Gasteiger partial charge is 0.417 e. The molecule has 0 radical (unpaired) electrons. The Balaban J connectivity index is 1.15. The van der Waals surface area contributed by atoms with Gasteiger partial charge in [0.15, 0.2) is 0 Å². The van der Waals surface area contributed by atoms with Crippen LogP contribution in [0.15, 0.2) is 66.9 Å². The van der Waals surface area contributed by atoms with Gasteiger partial charge in [0.25, 0.3) is 0 Å². The van der Waals surface area contributed by atoms with E-state index in [2.05, 4.69) is 48.3 Å². The van der Waals surface area contributed by atoms with Gasteiger partial charge in [0.05, 0.1) is 11.0 Å². The number of nitrogens with zero attached hydrogens (tertiary/aromatic N) is 2. The number of anilines is 1. The lowest BCUT2D eigenvalue weighted by Crippen LogP contribution is -2.71. The van der Waals surface area contributed by atoms with Crippen molar-refractivity contribution in [3.05, 3.63) is 83.7 Å². The average molecular weight is 577 g/mol. The number of carbonyl (C=O) groups excluding carboxylic acids is 1. The van der Waals surface area contributed by atoms with Gasteiger partial charge in [-0.15, -0.1) is 0 Å². The van der Waals surface area contributed by atoms with Crippen molar-refractivity contribution in [2.45, 2.75) is 88.4 Å². The highest BCUT2D eigenvalue weighted by Crippen LogP contribution is 2.70. The predicted molar refractivity (Wildman–Crippen MR) is 155 cm³/mol. The van der Waals surface area contributed by atoms with Crippen molar-refractivity contribution in [3.8, 4) is 11.1 Å². The summed E-state index contributed by atoms with van der Waals surface area (Å²) in [6.45, 7) is 2.72. The topological polar surface area (TPSA) is 33.2 Å². The number of fused-ring (bicyclic) bond motifs is 3. The summed E-state index contributed by atoms with van der Waals surface area (Å²) >= 11 is 0. The van der Waals surface area contributed by atoms with Crippen LogP contribution in [0.3, 0.4) is 0 Å².